The van der Waals surface area contributed by atoms with Crippen molar-refractivity contribution in [2.75, 3.05) is 13.1 Å². The van der Waals surface area contributed by atoms with Crippen LogP contribution in [0.15, 0.2) is 54.4 Å². The van der Waals surface area contributed by atoms with E-state index in [1.807, 2.05) is 12.2 Å². The second kappa shape index (κ2) is 7.77. The smallest absolute Gasteiger partial charge is 0.305 e. The molecule has 1 heterocycles. The Labute approximate surface area is 148 Å². The van der Waals surface area contributed by atoms with Gasteiger partial charge in [0.2, 0.25) is 0 Å². The Morgan fingerprint density at radius 3 is 2.21 bits per heavy atom. The fraction of sp³-hybridized carbons (Fsp3) is 0.350. The molecule has 1 aromatic carbocycles. The number of nitrogens with one attached hydrogen (secondary N) is 1. The molecule has 0 fully saturated rings. The zero-order chi connectivity index (χ0) is 17.7. The highest BCUT2D eigenvalue weighted by Crippen LogP contribution is 2.28. The van der Waals surface area contributed by atoms with Gasteiger partial charge in [-0.05, 0) is 16.5 Å². The molecule has 0 aliphatic heterocycles. The maximum absolute atomic E-state index is 11.9. The Morgan fingerprint density at radius 1 is 1.12 bits per heavy atom. The molecule has 128 valence electrons. The lowest BCUT2D eigenvalue weighted by atomic mass is 9.86. The van der Waals surface area contributed by atoms with Crippen molar-refractivity contribution in [3.63, 3.8) is 0 Å². The molecular weight excluding hydrogens is 316 g/mol. The van der Waals surface area contributed by atoms with E-state index < -0.39 is 0 Å². The van der Waals surface area contributed by atoms with E-state index in [1.54, 1.807) is 0 Å². The number of benzene rings is 1. The van der Waals surface area contributed by atoms with E-state index in [4.69, 9.17) is 0 Å². The average Bonchev–Trinajstić information content (AvgIpc) is 2.87. The Balaban J connectivity index is 2.32. The number of H-pyrrole nitrogens is 1. The van der Waals surface area contributed by atoms with E-state index in [0.717, 1.165) is 29.2 Å². The highest BCUT2D eigenvalue weighted by molar-refractivity contribution is 7.09. The second-order valence-corrected chi connectivity index (χ2v) is 7.98. The number of hydrogen-bond acceptors (Lipinski definition) is 3. The third-order valence-corrected chi connectivity index (χ3v) is 4.77. The van der Waals surface area contributed by atoms with Crippen LogP contribution in [0, 0.1) is 0 Å². The first-order chi connectivity index (χ1) is 11.3. The van der Waals surface area contributed by atoms with Crippen molar-refractivity contribution in [2.24, 2.45) is 0 Å². The monoisotopic (exact) mass is 342 g/mol. The predicted octanol–water partition coefficient (Wildman–Crippen LogP) is 4.57. The van der Waals surface area contributed by atoms with Gasteiger partial charge in [-0.15, -0.1) is 13.2 Å². The number of nitrogens with zero attached hydrogens (tertiary/aromatic N) is 1. The molecule has 4 heteroatoms. The summed E-state index contributed by atoms with van der Waals surface area (Å²) in [6.45, 7) is 16.4. The molecule has 0 amide bonds. The summed E-state index contributed by atoms with van der Waals surface area (Å²) in [5, 5.41) is 0. The van der Waals surface area contributed by atoms with Crippen LogP contribution in [0.5, 0.6) is 0 Å². The minimum absolute atomic E-state index is 0.0166. The van der Waals surface area contributed by atoms with Gasteiger partial charge in [-0.1, -0.05) is 68.5 Å². The van der Waals surface area contributed by atoms with Gasteiger partial charge in [-0.3, -0.25) is 9.69 Å². The first-order valence-electron chi connectivity index (χ1n) is 8.12. The van der Waals surface area contributed by atoms with Gasteiger partial charge in [0.05, 0.1) is 5.69 Å². The first-order valence-corrected chi connectivity index (χ1v) is 8.94. The molecule has 0 unspecified atom stereocenters. The highest BCUT2D eigenvalue weighted by atomic mass is 32.1. The van der Waals surface area contributed by atoms with Crippen LogP contribution in [0.2, 0.25) is 0 Å². The van der Waals surface area contributed by atoms with E-state index in [2.05, 4.69) is 68.1 Å². The Bertz CT molecular complexity index is 737. The molecule has 24 heavy (non-hydrogen) atoms. The summed E-state index contributed by atoms with van der Waals surface area (Å²) in [6.07, 6.45) is 3.74. The first kappa shape index (κ1) is 18.4. The molecule has 1 aromatic heterocycles. The van der Waals surface area contributed by atoms with E-state index in [0.29, 0.717) is 6.54 Å². The van der Waals surface area contributed by atoms with Gasteiger partial charge in [-0.25, -0.2) is 0 Å². The molecular formula is C20H26N2OS. The molecule has 3 nitrogen and oxygen atoms in total. The quantitative estimate of drug-likeness (QED) is 0.748. The molecule has 2 aromatic rings. The molecule has 2 rings (SSSR count). The van der Waals surface area contributed by atoms with Crippen molar-refractivity contribution in [1.82, 2.24) is 9.88 Å². The number of thiazole rings is 1. The minimum atomic E-state index is -0.0166. The Kier molecular flexibility index (Phi) is 5.97. The van der Waals surface area contributed by atoms with Crippen LogP contribution in [0.4, 0.5) is 0 Å². The lowest BCUT2D eigenvalue weighted by Gasteiger charge is -2.20. The van der Waals surface area contributed by atoms with Crippen molar-refractivity contribution in [1.29, 1.82) is 0 Å². The van der Waals surface area contributed by atoms with Crippen LogP contribution in [0.3, 0.4) is 0 Å². The molecule has 1 N–H and O–H groups in total. The largest absolute Gasteiger partial charge is 0.312 e. The van der Waals surface area contributed by atoms with Crippen LogP contribution < -0.4 is 4.87 Å². The fourth-order valence-corrected chi connectivity index (χ4v) is 3.51. The average molecular weight is 343 g/mol. The van der Waals surface area contributed by atoms with Crippen LogP contribution in [0.25, 0.3) is 11.3 Å². The summed E-state index contributed by atoms with van der Waals surface area (Å²) in [4.78, 5) is 18.1. The summed E-state index contributed by atoms with van der Waals surface area (Å²) in [5.41, 5.74) is 3.37. The zero-order valence-electron chi connectivity index (χ0n) is 14.8. The van der Waals surface area contributed by atoms with Crippen molar-refractivity contribution in [3.8, 4) is 11.3 Å². The van der Waals surface area contributed by atoms with Crippen LogP contribution in [-0.2, 0) is 12.0 Å². The van der Waals surface area contributed by atoms with Gasteiger partial charge in [0.1, 0.15) is 0 Å². The summed E-state index contributed by atoms with van der Waals surface area (Å²) in [7, 11) is 0. The van der Waals surface area contributed by atoms with Crippen molar-refractivity contribution >= 4 is 11.3 Å². The number of aromatic nitrogens is 1. The molecule has 0 saturated heterocycles. The number of aromatic amines is 1. The summed E-state index contributed by atoms with van der Waals surface area (Å²) in [6, 6.07) is 8.46. The van der Waals surface area contributed by atoms with Crippen molar-refractivity contribution in [3.05, 3.63) is 69.7 Å². The predicted molar refractivity (Wildman–Crippen MR) is 105 cm³/mol. The van der Waals surface area contributed by atoms with E-state index in [9.17, 15) is 4.79 Å². The molecule has 0 aliphatic carbocycles. The zero-order valence-corrected chi connectivity index (χ0v) is 15.6. The van der Waals surface area contributed by atoms with Crippen molar-refractivity contribution in [2.45, 2.75) is 32.7 Å². The summed E-state index contributed by atoms with van der Waals surface area (Å²) < 4.78 is 0. The highest BCUT2D eigenvalue weighted by Gasteiger charge is 2.16. The summed E-state index contributed by atoms with van der Waals surface area (Å²) in [5.74, 6) is 0. The standard InChI is InChI=1S/C20H26N2OS/c1-6-12-22(13-7-2)14-17-18(21-19(23)24-17)15-8-10-16(11-9-15)20(3,4)5/h6-11H,1-2,12-14H2,3-5H3,(H,21,23). The lowest BCUT2D eigenvalue weighted by Crippen LogP contribution is -2.23. The molecule has 0 atom stereocenters. The topological polar surface area (TPSA) is 36.1 Å². The second-order valence-electron chi connectivity index (χ2n) is 6.91. The normalized spacial score (nSPS) is 11.7. The number of rotatable bonds is 7. The van der Waals surface area contributed by atoms with E-state index in [-0.39, 0.29) is 10.3 Å². The number of hydrogen-bond donors (Lipinski definition) is 1. The van der Waals surface area contributed by atoms with Gasteiger partial charge in [0.15, 0.2) is 0 Å². The van der Waals surface area contributed by atoms with Gasteiger partial charge in [0, 0.05) is 24.5 Å². The SMILES string of the molecule is C=CCN(CC=C)Cc1sc(=O)[nH]c1-c1ccc(C(C)(C)C)cc1. The van der Waals surface area contributed by atoms with Gasteiger partial charge >= 0.3 is 4.87 Å². The molecule has 0 spiro atoms. The molecule has 0 saturated carbocycles. The van der Waals surface area contributed by atoms with E-state index >= 15 is 0 Å². The van der Waals surface area contributed by atoms with Crippen LogP contribution in [-0.4, -0.2) is 23.0 Å². The fourth-order valence-electron chi connectivity index (χ4n) is 2.61. The minimum Gasteiger partial charge on any atom is -0.312 e. The van der Waals surface area contributed by atoms with Gasteiger partial charge in [-0.2, -0.15) is 0 Å². The molecule has 0 bridgehead atoms. The lowest BCUT2D eigenvalue weighted by molar-refractivity contribution is 0.331. The van der Waals surface area contributed by atoms with Crippen LogP contribution in [0.1, 0.15) is 31.2 Å². The molecule has 0 radical (unpaired) electrons. The maximum Gasteiger partial charge on any atom is 0.305 e. The van der Waals surface area contributed by atoms with Crippen molar-refractivity contribution < 1.29 is 0 Å². The van der Waals surface area contributed by atoms with Crippen LogP contribution >= 0.6 is 11.3 Å². The maximum atomic E-state index is 11.9. The van der Waals surface area contributed by atoms with E-state index in [1.165, 1.54) is 16.9 Å². The third kappa shape index (κ3) is 4.56. The van der Waals surface area contributed by atoms with Gasteiger partial charge in [0.25, 0.3) is 0 Å². The molecule has 0 aliphatic rings. The third-order valence-electron chi connectivity index (χ3n) is 3.90. The Hall–Kier alpha value is -1.91. The van der Waals surface area contributed by atoms with Gasteiger partial charge < -0.3 is 4.98 Å². The Morgan fingerprint density at radius 2 is 1.71 bits per heavy atom. The summed E-state index contributed by atoms with van der Waals surface area (Å²) >= 11 is 1.28.